The number of carbonyl (C=O) groups excluding carboxylic acids is 2. The molecule has 0 aliphatic carbocycles. The average Bonchev–Trinajstić information content (AvgIpc) is 3.42. The smallest absolute Gasteiger partial charge is 0.321 e. The Balaban J connectivity index is 1.65. The van der Waals surface area contributed by atoms with Gasteiger partial charge in [-0.05, 0) is 34.7 Å². The number of hydrogen-bond donors (Lipinski definition) is 2. The van der Waals surface area contributed by atoms with Crippen molar-refractivity contribution < 1.29 is 9.59 Å². The van der Waals surface area contributed by atoms with Crippen LogP contribution in [0.3, 0.4) is 0 Å². The zero-order chi connectivity index (χ0) is 25.2. The average molecular weight is 482 g/mol. The number of benzodiazepines with no additional fused rings is 1. The van der Waals surface area contributed by atoms with Gasteiger partial charge in [-0.3, -0.25) is 9.69 Å². The van der Waals surface area contributed by atoms with Gasteiger partial charge < -0.3 is 15.5 Å². The first-order valence-corrected chi connectivity index (χ1v) is 11.1. The minimum absolute atomic E-state index is 0.396. The number of fused-ring (bicyclic) bond motifs is 1. The molecule has 1 aliphatic heterocycles. The van der Waals surface area contributed by atoms with Crippen molar-refractivity contribution in [1.29, 1.82) is 0 Å². The van der Waals surface area contributed by atoms with E-state index >= 15 is 0 Å². The molecule has 1 atom stereocenters. The van der Waals surface area contributed by atoms with E-state index < -0.39 is 18.1 Å². The van der Waals surface area contributed by atoms with Gasteiger partial charge in [-0.2, -0.15) is 0 Å². The van der Waals surface area contributed by atoms with Crippen LogP contribution in [-0.2, 0) is 4.79 Å². The Kier molecular flexibility index (Phi) is 5.87. The van der Waals surface area contributed by atoms with Crippen molar-refractivity contribution in [3.63, 3.8) is 0 Å². The van der Waals surface area contributed by atoms with E-state index in [1.165, 1.54) is 9.80 Å². The largest absolute Gasteiger partial charge is 0.351 e. The van der Waals surface area contributed by atoms with E-state index in [0.29, 0.717) is 28.7 Å². The number of carbonyl (C=O) groups is 2. The highest BCUT2D eigenvalue weighted by atomic mass is 16.2. The van der Waals surface area contributed by atoms with Crippen LogP contribution < -0.4 is 20.4 Å². The number of primary amides is 1. The molecule has 0 bridgehead atoms. The van der Waals surface area contributed by atoms with Crippen LogP contribution in [0.1, 0.15) is 11.1 Å². The quantitative estimate of drug-likeness (QED) is 0.450. The van der Waals surface area contributed by atoms with E-state index in [1.807, 2.05) is 60.7 Å². The van der Waals surface area contributed by atoms with Crippen LogP contribution in [0.2, 0.25) is 0 Å². The lowest BCUT2D eigenvalue weighted by molar-refractivity contribution is -0.119. The first kappa shape index (κ1) is 22.7. The Bertz CT molecular complexity index is 1440. The molecule has 0 saturated carbocycles. The standard InChI is InChI=1S/C25H23N9O2/c1-32(25-28-30-31-29-25)17-11-8-12-18(15-17)34(24(26)36)22-23(35)33(2)20-14-7-6-13-19(20)21(27-22)16-9-4-3-5-10-16/h3-15,22H,1-2H3,(H2,26,36)(H,28,29,30,31)/t22-/m1/s1. The summed E-state index contributed by atoms with van der Waals surface area (Å²) < 4.78 is 0. The molecule has 0 unspecified atom stereocenters. The number of H-pyrrole nitrogens is 1. The topological polar surface area (TPSA) is 137 Å². The Hall–Kier alpha value is -5.06. The molecule has 1 aliphatic rings. The fourth-order valence-electron chi connectivity index (χ4n) is 4.16. The Morgan fingerprint density at radius 1 is 1.00 bits per heavy atom. The minimum atomic E-state index is -1.23. The van der Waals surface area contributed by atoms with Gasteiger partial charge in [-0.15, -0.1) is 0 Å². The number of tetrazole rings is 1. The lowest BCUT2D eigenvalue weighted by Crippen LogP contribution is -2.51. The van der Waals surface area contributed by atoms with Gasteiger partial charge in [0.15, 0.2) is 0 Å². The summed E-state index contributed by atoms with van der Waals surface area (Å²) >= 11 is 0. The first-order valence-electron chi connectivity index (χ1n) is 11.1. The highest BCUT2D eigenvalue weighted by molar-refractivity contribution is 6.21. The summed E-state index contributed by atoms with van der Waals surface area (Å²) in [6, 6.07) is 23.2. The SMILES string of the molecule is CN1C(=O)[C@@H](N(C(N)=O)c2cccc(N(C)c3nnn[nH]3)c2)N=C(c2ccccc2)c2ccccc21. The minimum Gasteiger partial charge on any atom is -0.351 e. The van der Waals surface area contributed by atoms with Gasteiger partial charge in [0.05, 0.1) is 17.1 Å². The summed E-state index contributed by atoms with van der Waals surface area (Å²) in [7, 11) is 3.43. The van der Waals surface area contributed by atoms with Gasteiger partial charge in [-0.1, -0.05) is 59.7 Å². The van der Waals surface area contributed by atoms with Crippen LogP contribution in [0.5, 0.6) is 0 Å². The molecule has 0 radical (unpaired) electrons. The summed E-state index contributed by atoms with van der Waals surface area (Å²) in [5.74, 6) is 0.00765. The number of aromatic amines is 1. The molecule has 3 amide bonds. The number of likely N-dealkylation sites (N-methyl/N-ethyl adjacent to an activating group) is 1. The van der Waals surface area contributed by atoms with Gasteiger partial charge >= 0.3 is 6.03 Å². The molecule has 5 rings (SSSR count). The van der Waals surface area contributed by atoms with Crippen molar-refractivity contribution in [2.24, 2.45) is 10.7 Å². The van der Waals surface area contributed by atoms with Crippen LogP contribution in [0, 0.1) is 0 Å². The maximum absolute atomic E-state index is 13.7. The number of urea groups is 1. The van der Waals surface area contributed by atoms with Crippen molar-refractivity contribution in [2.75, 3.05) is 28.8 Å². The van der Waals surface area contributed by atoms with Crippen molar-refractivity contribution in [2.45, 2.75) is 6.17 Å². The molecule has 0 fully saturated rings. The highest BCUT2D eigenvalue weighted by Crippen LogP contribution is 2.31. The zero-order valence-corrected chi connectivity index (χ0v) is 19.6. The maximum atomic E-state index is 13.7. The van der Waals surface area contributed by atoms with E-state index in [4.69, 9.17) is 10.7 Å². The van der Waals surface area contributed by atoms with E-state index in [9.17, 15) is 9.59 Å². The summed E-state index contributed by atoms with van der Waals surface area (Å²) in [5, 5.41) is 13.8. The lowest BCUT2D eigenvalue weighted by atomic mass is 10.0. The van der Waals surface area contributed by atoms with Crippen molar-refractivity contribution >= 4 is 40.7 Å². The van der Waals surface area contributed by atoms with Crippen LogP contribution in [-0.4, -0.2) is 58.5 Å². The van der Waals surface area contributed by atoms with Crippen molar-refractivity contribution in [3.8, 4) is 0 Å². The van der Waals surface area contributed by atoms with E-state index in [1.54, 1.807) is 37.2 Å². The van der Waals surface area contributed by atoms with Gasteiger partial charge in [0.25, 0.3) is 5.91 Å². The van der Waals surface area contributed by atoms with Crippen molar-refractivity contribution in [1.82, 2.24) is 20.6 Å². The number of nitrogens with two attached hydrogens (primary N) is 1. The number of hydrogen-bond acceptors (Lipinski definition) is 7. The summed E-state index contributed by atoms with van der Waals surface area (Å²) in [6.45, 7) is 0. The number of rotatable bonds is 5. The van der Waals surface area contributed by atoms with Gasteiger partial charge in [0, 0.05) is 30.9 Å². The second kappa shape index (κ2) is 9.29. The molecule has 11 nitrogen and oxygen atoms in total. The second-order valence-electron chi connectivity index (χ2n) is 8.14. The second-order valence-corrected chi connectivity index (χ2v) is 8.14. The fourth-order valence-corrected chi connectivity index (χ4v) is 4.16. The third kappa shape index (κ3) is 4.02. The molecule has 2 heterocycles. The van der Waals surface area contributed by atoms with E-state index in [-0.39, 0.29) is 0 Å². The summed E-state index contributed by atoms with van der Waals surface area (Å²) in [4.78, 5) is 35.8. The molecule has 1 aromatic heterocycles. The Morgan fingerprint density at radius 2 is 1.72 bits per heavy atom. The Labute approximate surface area is 206 Å². The van der Waals surface area contributed by atoms with Crippen LogP contribution in [0.4, 0.5) is 27.8 Å². The lowest BCUT2D eigenvalue weighted by Gasteiger charge is -2.29. The highest BCUT2D eigenvalue weighted by Gasteiger charge is 2.36. The van der Waals surface area contributed by atoms with Gasteiger partial charge in [0.2, 0.25) is 12.1 Å². The molecule has 11 heteroatoms. The van der Waals surface area contributed by atoms with Crippen LogP contribution in [0.15, 0.2) is 83.9 Å². The molecule has 180 valence electrons. The number of anilines is 4. The predicted octanol–water partition coefficient (Wildman–Crippen LogP) is 2.69. The number of aliphatic imine (C=N–C) groups is 1. The molecule has 0 spiro atoms. The molecule has 3 aromatic carbocycles. The summed E-state index contributed by atoms with van der Waals surface area (Å²) in [5.41, 5.74) is 9.79. The third-order valence-corrected chi connectivity index (χ3v) is 6.00. The number of nitrogens with zero attached hydrogens (tertiary/aromatic N) is 7. The molecule has 4 aromatic rings. The van der Waals surface area contributed by atoms with Crippen LogP contribution >= 0.6 is 0 Å². The molecular formula is C25H23N9O2. The predicted molar refractivity (Wildman–Crippen MR) is 136 cm³/mol. The number of para-hydroxylation sites is 1. The third-order valence-electron chi connectivity index (χ3n) is 6.00. The van der Waals surface area contributed by atoms with Crippen LogP contribution in [0.25, 0.3) is 0 Å². The van der Waals surface area contributed by atoms with Gasteiger partial charge in [0.1, 0.15) is 0 Å². The molecular weight excluding hydrogens is 458 g/mol. The first-order chi connectivity index (χ1) is 17.5. The Morgan fingerprint density at radius 3 is 2.44 bits per heavy atom. The molecule has 0 saturated heterocycles. The molecule has 3 N–H and O–H groups in total. The number of amides is 3. The van der Waals surface area contributed by atoms with E-state index in [2.05, 4.69) is 20.6 Å². The van der Waals surface area contributed by atoms with E-state index in [0.717, 1.165) is 11.1 Å². The van der Waals surface area contributed by atoms with Crippen molar-refractivity contribution in [3.05, 3.63) is 90.0 Å². The number of benzene rings is 3. The normalized spacial score (nSPS) is 15.1. The number of nitrogens with one attached hydrogen (secondary N) is 1. The maximum Gasteiger partial charge on any atom is 0.321 e. The molecule has 36 heavy (non-hydrogen) atoms. The monoisotopic (exact) mass is 481 g/mol. The zero-order valence-electron chi connectivity index (χ0n) is 19.6. The fraction of sp³-hybridized carbons (Fsp3) is 0.120. The summed E-state index contributed by atoms with van der Waals surface area (Å²) in [6.07, 6.45) is -1.23. The number of aromatic nitrogens is 4. The van der Waals surface area contributed by atoms with Gasteiger partial charge in [-0.25, -0.2) is 14.9 Å².